The maximum absolute atomic E-state index is 6.55. The summed E-state index contributed by atoms with van der Waals surface area (Å²) in [5.41, 5.74) is 9.03. The van der Waals surface area contributed by atoms with E-state index >= 15 is 0 Å². The van der Waals surface area contributed by atoms with Crippen molar-refractivity contribution >= 4 is 11.0 Å². The second-order valence-electron chi connectivity index (χ2n) is 9.42. The van der Waals surface area contributed by atoms with Crippen LogP contribution in [0, 0.1) is 0 Å². The first-order chi connectivity index (χ1) is 17.4. The lowest BCUT2D eigenvalue weighted by molar-refractivity contribution is -0.733. The van der Waals surface area contributed by atoms with Gasteiger partial charge in [-0.15, -0.1) is 0 Å². The number of hydrogen-bond donors (Lipinski definition) is 0. The Balaban J connectivity index is 1.60. The smallest absolute Gasteiger partial charge is 0.352 e. The molecule has 3 aliphatic rings. The summed E-state index contributed by atoms with van der Waals surface area (Å²) in [5, 5.41) is 0. The maximum atomic E-state index is 6.55. The summed E-state index contributed by atoms with van der Waals surface area (Å²) in [4.78, 5) is 0. The Kier molecular flexibility index (Phi) is 2.97. The van der Waals surface area contributed by atoms with E-state index in [1.165, 1.54) is 28.2 Å². The van der Waals surface area contributed by atoms with Crippen molar-refractivity contribution in [2.75, 3.05) is 0 Å². The van der Waals surface area contributed by atoms with E-state index in [0.717, 1.165) is 33.9 Å². The Morgan fingerprint density at radius 1 is 0.657 bits per heavy atom. The first-order valence-corrected chi connectivity index (χ1v) is 12.0. The molecule has 0 bridgehead atoms. The topological polar surface area (TPSA) is 21.9 Å². The van der Waals surface area contributed by atoms with Crippen molar-refractivity contribution in [3.63, 3.8) is 0 Å². The highest BCUT2D eigenvalue weighted by Crippen LogP contribution is 2.54. The first kappa shape index (κ1) is 17.7. The molecule has 0 saturated carbocycles. The van der Waals surface area contributed by atoms with Gasteiger partial charge in [0.05, 0.1) is 16.7 Å². The number of rotatable bonds is 1. The van der Waals surface area contributed by atoms with Crippen molar-refractivity contribution in [2.24, 2.45) is 0 Å². The molecule has 1 atom stereocenters. The van der Waals surface area contributed by atoms with Crippen LogP contribution >= 0.6 is 0 Å². The summed E-state index contributed by atoms with van der Waals surface area (Å²) in [5.74, 6) is 3.00. The molecule has 9 rings (SSSR count). The standard InChI is InChI=1S/C31H19N3O/c1-2-10-20(11-3-1)33-25-16-9-18-27-29(25)34-28-23(14-8-17-26(28)35-27)31(30(33)34)22-13-5-4-12-21(22)24-15-6-7-19-32(24)31/h1-19H/q+2. The molecule has 0 amide bonds. The second kappa shape index (κ2) is 5.86. The van der Waals surface area contributed by atoms with E-state index in [9.17, 15) is 0 Å². The number of imidazole rings is 1. The van der Waals surface area contributed by atoms with Crippen LogP contribution in [0.3, 0.4) is 0 Å². The van der Waals surface area contributed by atoms with Crippen LogP contribution in [-0.4, -0.2) is 4.57 Å². The molecule has 162 valence electrons. The van der Waals surface area contributed by atoms with Crippen molar-refractivity contribution in [3.8, 4) is 34.1 Å². The van der Waals surface area contributed by atoms with E-state index in [1.54, 1.807) is 0 Å². The maximum Gasteiger partial charge on any atom is 0.352 e. The summed E-state index contributed by atoms with van der Waals surface area (Å²) in [7, 11) is 0. The number of hydrogen-bond acceptors (Lipinski definition) is 1. The van der Waals surface area contributed by atoms with Crippen LogP contribution < -0.4 is 13.9 Å². The highest BCUT2D eigenvalue weighted by molar-refractivity contribution is 5.86. The first-order valence-electron chi connectivity index (χ1n) is 12.0. The van der Waals surface area contributed by atoms with Crippen LogP contribution in [0.4, 0.5) is 0 Å². The van der Waals surface area contributed by atoms with Gasteiger partial charge in [-0.2, -0.15) is 13.7 Å². The number of aromatic nitrogens is 3. The minimum absolute atomic E-state index is 0.529. The zero-order valence-corrected chi connectivity index (χ0v) is 18.7. The Morgan fingerprint density at radius 2 is 1.43 bits per heavy atom. The third-order valence-corrected chi connectivity index (χ3v) is 7.85. The Morgan fingerprint density at radius 3 is 2.37 bits per heavy atom. The zero-order chi connectivity index (χ0) is 22.7. The average molecular weight is 450 g/mol. The molecule has 1 spiro atoms. The zero-order valence-electron chi connectivity index (χ0n) is 18.7. The van der Waals surface area contributed by atoms with Gasteiger partial charge in [-0.3, -0.25) is 0 Å². The van der Waals surface area contributed by atoms with E-state index in [4.69, 9.17) is 4.74 Å². The molecule has 4 heteroatoms. The fraction of sp³-hybridized carbons (Fsp3) is 0.0323. The van der Waals surface area contributed by atoms with Gasteiger partial charge < -0.3 is 4.74 Å². The lowest BCUT2D eigenvalue weighted by atomic mass is 9.83. The van der Waals surface area contributed by atoms with Gasteiger partial charge in [0.1, 0.15) is 5.69 Å². The second-order valence-corrected chi connectivity index (χ2v) is 9.42. The summed E-state index contributed by atoms with van der Waals surface area (Å²) in [6.07, 6.45) is 2.23. The molecule has 0 fully saturated rings. The predicted molar refractivity (Wildman–Crippen MR) is 132 cm³/mol. The summed E-state index contributed by atoms with van der Waals surface area (Å²) < 4.78 is 13.9. The van der Waals surface area contributed by atoms with Gasteiger partial charge >= 0.3 is 11.4 Å². The van der Waals surface area contributed by atoms with Gasteiger partial charge in [0, 0.05) is 12.1 Å². The van der Waals surface area contributed by atoms with E-state index in [1.807, 2.05) is 0 Å². The number of pyridine rings is 1. The summed E-state index contributed by atoms with van der Waals surface area (Å²) >= 11 is 0. The molecule has 35 heavy (non-hydrogen) atoms. The van der Waals surface area contributed by atoms with Crippen molar-refractivity contribution < 1.29 is 13.9 Å². The normalized spacial score (nSPS) is 17.5. The van der Waals surface area contributed by atoms with Gasteiger partial charge in [0.2, 0.25) is 11.2 Å². The number of para-hydroxylation sites is 3. The minimum Gasteiger partial charge on any atom is -0.448 e. The third-order valence-electron chi connectivity index (χ3n) is 7.85. The lowest BCUT2D eigenvalue weighted by Crippen LogP contribution is -2.57. The van der Waals surface area contributed by atoms with E-state index < -0.39 is 5.54 Å². The Hall–Kier alpha value is -4.70. The van der Waals surface area contributed by atoms with Gasteiger partial charge in [0.25, 0.3) is 0 Å². The number of nitrogens with zero attached hydrogens (tertiary/aromatic N) is 3. The van der Waals surface area contributed by atoms with Crippen LogP contribution in [0.5, 0.6) is 11.5 Å². The van der Waals surface area contributed by atoms with E-state index in [-0.39, 0.29) is 0 Å². The molecule has 3 aliphatic heterocycles. The quantitative estimate of drug-likeness (QED) is 0.306. The van der Waals surface area contributed by atoms with E-state index in [0.29, 0.717) is 0 Å². The van der Waals surface area contributed by atoms with Crippen LogP contribution in [0.15, 0.2) is 115 Å². The highest BCUT2D eigenvalue weighted by atomic mass is 16.5. The largest absolute Gasteiger partial charge is 0.448 e. The minimum atomic E-state index is -0.529. The Labute approximate surface area is 201 Å². The average Bonchev–Trinajstić information content (AvgIpc) is 3.52. The Bertz CT molecular complexity index is 1840. The number of fused-ring (bicyclic) bond motifs is 7. The van der Waals surface area contributed by atoms with Crippen molar-refractivity contribution in [3.05, 3.63) is 132 Å². The van der Waals surface area contributed by atoms with Gasteiger partial charge in [-0.1, -0.05) is 48.5 Å². The van der Waals surface area contributed by atoms with Crippen molar-refractivity contribution in [2.45, 2.75) is 5.54 Å². The molecule has 6 aromatic rings. The molecule has 5 heterocycles. The predicted octanol–water partition coefficient (Wildman–Crippen LogP) is 5.43. The number of benzene rings is 4. The molecule has 2 aromatic heterocycles. The lowest BCUT2D eigenvalue weighted by Gasteiger charge is -2.20. The monoisotopic (exact) mass is 449 g/mol. The van der Waals surface area contributed by atoms with Crippen LogP contribution in [0.25, 0.3) is 33.7 Å². The van der Waals surface area contributed by atoms with Gasteiger partial charge in [0.15, 0.2) is 28.9 Å². The van der Waals surface area contributed by atoms with E-state index in [2.05, 4.69) is 129 Å². The molecule has 0 N–H and O–H groups in total. The van der Waals surface area contributed by atoms with Crippen LogP contribution in [0.2, 0.25) is 0 Å². The fourth-order valence-electron chi connectivity index (χ4n) is 6.67. The van der Waals surface area contributed by atoms with Gasteiger partial charge in [-0.25, -0.2) is 0 Å². The van der Waals surface area contributed by atoms with Crippen LogP contribution in [-0.2, 0) is 5.54 Å². The molecule has 0 aliphatic carbocycles. The molecule has 4 nitrogen and oxygen atoms in total. The molecule has 4 aromatic carbocycles. The molecule has 0 radical (unpaired) electrons. The number of ether oxygens (including phenoxy) is 1. The van der Waals surface area contributed by atoms with Crippen molar-refractivity contribution in [1.29, 1.82) is 0 Å². The van der Waals surface area contributed by atoms with Gasteiger partial charge in [-0.05, 0) is 48.5 Å². The molecular formula is C31H19N3O+2. The summed E-state index contributed by atoms with van der Waals surface area (Å²) in [6.45, 7) is 0. The fourth-order valence-corrected chi connectivity index (χ4v) is 6.67. The summed E-state index contributed by atoms with van der Waals surface area (Å²) in [6, 6.07) is 38.9. The molecular weight excluding hydrogens is 430 g/mol. The molecule has 0 saturated heterocycles. The third kappa shape index (κ3) is 1.83. The van der Waals surface area contributed by atoms with Crippen molar-refractivity contribution in [1.82, 2.24) is 4.57 Å². The van der Waals surface area contributed by atoms with Crippen LogP contribution in [0.1, 0.15) is 17.0 Å². The molecule has 1 unspecified atom stereocenters. The highest BCUT2D eigenvalue weighted by Gasteiger charge is 2.68. The SMILES string of the molecule is c1ccc(-n2c3[n+]4c5c(cccc52)Oc2cccc(c2-4)C32c3ccccc3-c3cccc[n+]32)cc1.